The SMILES string of the molecule is CC1(C)CC[P+](CCC[P+]2(c3ccccc3)CCC(C)(C)c3ccccc32)(c2ccccc2)c2ccccc21.F[P-](F)(F)(F)(F)F. The van der Waals surface area contributed by atoms with Gasteiger partial charge < -0.3 is 0 Å². The Hall–Kier alpha value is -2.25. The Morgan fingerprint density at radius 3 is 1.15 bits per heavy atom. The van der Waals surface area contributed by atoms with Crippen LogP contribution in [0.4, 0.5) is 25.2 Å². The van der Waals surface area contributed by atoms with Gasteiger partial charge >= 0.3 is 33.0 Å². The summed E-state index contributed by atoms with van der Waals surface area (Å²) in [6.45, 7) is 9.84. The van der Waals surface area contributed by atoms with Crippen molar-refractivity contribution in [1.29, 1.82) is 0 Å². The van der Waals surface area contributed by atoms with Gasteiger partial charge in [0.1, 0.15) is 10.6 Å². The van der Waals surface area contributed by atoms with E-state index in [1.807, 2.05) is 0 Å². The number of halogens is 6. The molecule has 0 aromatic heterocycles. The normalized spacial score (nSPS) is 24.7. The molecule has 2 atom stereocenters. The van der Waals surface area contributed by atoms with E-state index in [4.69, 9.17) is 0 Å². The van der Waals surface area contributed by atoms with Crippen molar-refractivity contribution < 1.29 is 25.2 Å². The predicted octanol–water partition coefficient (Wildman–Crippen LogP) is 11.5. The monoisotopic (exact) mass is 695 g/mol. The predicted molar refractivity (Wildman–Crippen MR) is 191 cm³/mol. The molecule has 0 saturated carbocycles. The van der Waals surface area contributed by atoms with E-state index in [1.54, 1.807) is 32.3 Å². The van der Waals surface area contributed by atoms with Crippen molar-refractivity contribution in [3.8, 4) is 0 Å². The second kappa shape index (κ2) is 11.7. The molecule has 0 spiro atoms. The summed E-state index contributed by atoms with van der Waals surface area (Å²) >= 11 is 0. The summed E-state index contributed by atoms with van der Waals surface area (Å²) in [4.78, 5) is 0. The molecule has 0 saturated heterocycles. The quantitative estimate of drug-likeness (QED) is 0.139. The van der Waals surface area contributed by atoms with Crippen molar-refractivity contribution in [3.05, 3.63) is 120 Å². The number of benzene rings is 4. The van der Waals surface area contributed by atoms with E-state index in [0.29, 0.717) is 0 Å². The van der Waals surface area contributed by atoms with Crippen molar-refractivity contribution in [2.75, 3.05) is 24.6 Å². The zero-order chi connectivity index (χ0) is 33.6. The molecular formula is C37H44F6P3+. The number of hydrogen-bond donors (Lipinski definition) is 0. The molecule has 0 radical (unpaired) electrons. The average Bonchev–Trinajstić information content (AvgIpc) is 2.99. The van der Waals surface area contributed by atoms with Crippen LogP contribution in [-0.4, -0.2) is 24.6 Å². The van der Waals surface area contributed by atoms with Crippen LogP contribution in [-0.2, 0) is 10.8 Å². The minimum atomic E-state index is -10.7. The Bertz CT molecular complexity index is 1550. The van der Waals surface area contributed by atoms with Gasteiger partial charge in [-0.25, -0.2) is 0 Å². The molecule has 0 nitrogen and oxygen atoms in total. The molecule has 4 aromatic rings. The molecule has 6 rings (SSSR count). The zero-order valence-corrected chi connectivity index (χ0v) is 29.6. The summed E-state index contributed by atoms with van der Waals surface area (Å²) in [5.74, 6) is 0. The van der Waals surface area contributed by atoms with Gasteiger partial charge in [0.2, 0.25) is 0 Å². The van der Waals surface area contributed by atoms with Crippen LogP contribution in [0.1, 0.15) is 58.1 Å². The Morgan fingerprint density at radius 2 is 0.804 bits per heavy atom. The van der Waals surface area contributed by atoms with Gasteiger partial charge in [-0.3, -0.25) is 0 Å². The van der Waals surface area contributed by atoms with Crippen molar-refractivity contribution in [2.24, 2.45) is 0 Å². The molecule has 46 heavy (non-hydrogen) atoms. The first kappa shape index (κ1) is 35.1. The Labute approximate surface area is 270 Å². The fourth-order valence-corrected chi connectivity index (χ4v) is 18.0. The van der Waals surface area contributed by atoms with Crippen LogP contribution in [0, 0.1) is 0 Å². The third kappa shape index (κ3) is 7.89. The second-order valence-corrected chi connectivity index (χ2v) is 23.7. The summed E-state index contributed by atoms with van der Waals surface area (Å²) in [5.41, 5.74) is 3.71. The number of fused-ring (bicyclic) bond motifs is 2. The van der Waals surface area contributed by atoms with Crippen LogP contribution in [0.25, 0.3) is 0 Å². The minimum absolute atomic E-state index is 0.251. The van der Waals surface area contributed by atoms with Crippen LogP contribution < -0.4 is 21.2 Å². The van der Waals surface area contributed by atoms with Crippen molar-refractivity contribution in [1.82, 2.24) is 0 Å². The fourth-order valence-electron chi connectivity index (χ4n) is 7.59. The molecule has 0 aliphatic carbocycles. The van der Waals surface area contributed by atoms with Gasteiger partial charge in [0.25, 0.3) is 0 Å². The molecule has 0 fully saturated rings. The van der Waals surface area contributed by atoms with Crippen molar-refractivity contribution in [2.45, 2.75) is 57.8 Å². The molecule has 2 heterocycles. The Kier molecular flexibility index (Phi) is 8.93. The van der Waals surface area contributed by atoms with E-state index >= 15 is 0 Å². The molecular weight excluding hydrogens is 651 g/mol. The van der Waals surface area contributed by atoms with Gasteiger partial charge in [0.15, 0.2) is 0 Å². The molecule has 0 amide bonds. The zero-order valence-electron chi connectivity index (χ0n) is 27.0. The third-order valence-electron chi connectivity index (χ3n) is 10.0. The fraction of sp³-hybridized carbons (Fsp3) is 0.351. The molecule has 2 aliphatic rings. The summed E-state index contributed by atoms with van der Waals surface area (Å²) in [6, 6.07) is 42.3. The number of hydrogen-bond acceptors (Lipinski definition) is 0. The van der Waals surface area contributed by atoms with E-state index in [-0.39, 0.29) is 10.8 Å². The van der Waals surface area contributed by atoms with Gasteiger partial charge in [0.05, 0.1) is 49.8 Å². The van der Waals surface area contributed by atoms with Gasteiger partial charge in [-0.1, -0.05) is 100 Å². The van der Waals surface area contributed by atoms with E-state index in [1.165, 1.54) is 43.9 Å². The summed E-state index contributed by atoms with van der Waals surface area (Å²) < 4.78 is 59.2. The van der Waals surface area contributed by atoms with Crippen molar-refractivity contribution >= 4 is 43.6 Å². The first-order chi connectivity index (χ1) is 21.2. The topological polar surface area (TPSA) is 0 Å². The number of rotatable bonds is 6. The molecule has 2 aliphatic heterocycles. The molecule has 0 bridgehead atoms. The maximum atomic E-state index is 9.87. The van der Waals surface area contributed by atoms with Crippen LogP contribution in [0.5, 0.6) is 0 Å². The first-order valence-corrected chi connectivity index (χ1v) is 22.2. The summed E-state index contributed by atoms with van der Waals surface area (Å²) in [5, 5.41) is 6.60. The third-order valence-corrected chi connectivity index (χ3v) is 19.3. The van der Waals surface area contributed by atoms with Gasteiger partial charge in [-0.15, -0.1) is 0 Å². The van der Waals surface area contributed by atoms with Crippen LogP contribution >= 0.6 is 22.3 Å². The molecule has 0 N–H and O–H groups in total. The molecule has 2 unspecified atom stereocenters. The van der Waals surface area contributed by atoms with Crippen LogP contribution in [0.15, 0.2) is 109 Å². The molecule has 248 valence electrons. The van der Waals surface area contributed by atoms with Gasteiger partial charge in [0, 0.05) is 17.5 Å². The van der Waals surface area contributed by atoms with Gasteiger partial charge in [-0.05, 0) is 60.1 Å². The van der Waals surface area contributed by atoms with Crippen LogP contribution in [0.3, 0.4) is 0 Å². The van der Waals surface area contributed by atoms with Crippen molar-refractivity contribution in [3.63, 3.8) is 0 Å². The Balaban J connectivity index is 0.000000537. The van der Waals surface area contributed by atoms with Crippen LogP contribution in [0.2, 0.25) is 0 Å². The standard InChI is InChI=1S/C37H44P2.F6P/c1-36(2)24-28-38(30-16-7-5-8-17-30,34-22-13-11-20-32(34)36)26-15-27-39(31-18-9-6-10-19-31)29-25-37(3,4)33-21-12-14-23-35(33)39;1-7(2,3,4,5)6/h5-14,16-23H,15,24-29H2,1-4H3;/q+2;-1. The summed E-state index contributed by atoms with van der Waals surface area (Å²) in [6.07, 6.45) is 9.18. The molecule has 9 heteroatoms. The Morgan fingerprint density at radius 1 is 0.500 bits per heavy atom. The van der Waals surface area contributed by atoms with Gasteiger partial charge in [-0.2, -0.15) is 0 Å². The van der Waals surface area contributed by atoms with E-state index in [9.17, 15) is 25.2 Å². The first-order valence-electron chi connectivity index (χ1n) is 15.9. The van der Waals surface area contributed by atoms with E-state index < -0.39 is 22.3 Å². The average molecular weight is 696 g/mol. The van der Waals surface area contributed by atoms with E-state index in [2.05, 4.69) is 137 Å². The maximum absolute atomic E-state index is 10.7. The molecule has 4 aromatic carbocycles. The van der Waals surface area contributed by atoms with E-state index in [0.717, 1.165) is 0 Å². The summed E-state index contributed by atoms with van der Waals surface area (Å²) in [7, 11) is -13.6. The second-order valence-electron chi connectivity index (χ2n) is 14.1.